The average Bonchev–Trinajstić information content (AvgIpc) is 3.46. The van der Waals surface area contributed by atoms with Gasteiger partial charge in [-0.1, -0.05) is 84.6 Å². The van der Waals surface area contributed by atoms with Crippen molar-refractivity contribution in [3.63, 3.8) is 0 Å². The maximum Gasteiger partial charge on any atom is 0.191 e. The summed E-state index contributed by atoms with van der Waals surface area (Å²) < 4.78 is 3.51. The van der Waals surface area contributed by atoms with Crippen molar-refractivity contribution in [2.45, 2.75) is 37.2 Å². The Bertz CT molecular complexity index is 1270. The molecule has 0 unspecified atom stereocenters. The molecule has 5 heteroatoms. The van der Waals surface area contributed by atoms with Gasteiger partial charge in [0.05, 0.1) is 4.88 Å². The summed E-state index contributed by atoms with van der Waals surface area (Å²) in [6.07, 6.45) is 2.15. The van der Waals surface area contributed by atoms with Crippen molar-refractivity contribution in [3.05, 3.63) is 102 Å². The van der Waals surface area contributed by atoms with Gasteiger partial charge in [0.25, 0.3) is 0 Å². The third kappa shape index (κ3) is 4.64. The van der Waals surface area contributed by atoms with Crippen molar-refractivity contribution in [1.29, 1.82) is 0 Å². The topological polar surface area (TPSA) is 30.7 Å². The van der Waals surface area contributed by atoms with Gasteiger partial charge in [-0.25, -0.2) is 0 Å². The third-order valence-corrected chi connectivity index (χ3v) is 7.77. The molecule has 0 fully saturated rings. The first-order chi connectivity index (χ1) is 15.8. The second-order valence-electron chi connectivity index (χ2n) is 7.79. The standard InChI is InChI=1S/C27H25N3S2/c1-2-30-26(25-18-23-10-6-7-11-24(23)32-25)28-29-27(30)31-19-22-16-14-21(15-17-22)13-12-20-8-4-3-5-9-20/h3-11,14-18H,2,12-13,19H2,1H3. The second kappa shape index (κ2) is 9.72. The molecule has 2 aromatic heterocycles. The highest BCUT2D eigenvalue weighted by Crippen LogP contribution is 2.34. The predicted molar refractivity (Wildman–Crippen MR) is 136 cm³/mol. The molecule has 3 aromatic carbocycles. The van der Waals surface area contributed by atoms with E-state index in [1.165, 1.54) is 31.7 Å². The van der Waals surface area contributed by atoms with E-state index >= 15 is 0 Å². The van der Waals surface area contributed by atoms with Crippen LogP contribution in [0.4, 0.5) is 0 Å². The molecular weight excluding hydrogens is 430 g/mol. The third-order valence-electron chi connectivity index (χ3n) is 5.62. The molecule has 5 aromatic rings. The summed E-state index contributed by atoms with van der Waals surface area (Å²) in [6, 6.07) is 30.4. The number of hydrogen-bond donors (Lipinski definition) is 0. The van der Waals surface area contributed by atoms with Gasteiger partial charge in [0.2, 0.25) is 0 Å². The fourth-order valence-electron chi connectivity index (χ4n) is 3.84. The monoisotopic (exact) mass is 455 g/mol. The highest BCUT2D eigenvalue weighted by Gasteiger charge is 2.15. The first-order valence-electron chi connectivity index (χ1n) is 11.0. The normalized spacial score (nSPS) is 11.3. The first-order valence-corrected chi connectivity index (χ1v) is 12.8. The number of thiophene rings is 1. The summed E-state index contributed by atoms with van der Waals surface area (Å²) in [7, 11) is 0. The summed E-state index contributed by atoms with van der Waals surface area (Å²) >= 11 is 3.54. The summed E-state index contributed by atoms with van der Waals surface area (Å²) in [6.45, 7) is 3.02. The molecular formula is C27H25N3S2. The van der Waals surface area contributed by atoms with Crippen molar-refractivity contribution in [2.24, 2.45) is 0 Å². The van der Waals surface area contributed by atoms with E-state index in [0.717, 1.165) is 36.1 Å². The molecule has 0 aliphatic carbocycles. The zero-order chi connectivity index (χ0) is 21.8. The summed E-state index contributed by atoms with van der Waals surface area (Å²) in [4.78, 5) is 1.18. The number of nitrogens with zero attached hydrogens (tertiary/aromatic N) is 3. The number of hydrogen-bond acceptors (Lipinski definition) is 4. The summed E-state index contributed by atoms with van der Waals surface area (Å²) in [5.74, 6) is 1.86. The van der Waals surface area contributed by atoms with E-state index in [1.807, 2.05) is 0 Å². The van der Waals surface area contributed by atoms with Gasteiger partial charge in [0.1, 0.15) is 0 Å². The van der Waals surface area contributed by atoms with Crippen LogP contribution in [0.2, 0.25) is 0 Å². The van der Waals surface area contributed by atoms with Crippen LogP contribution in [-0.2, 0) is 25.1 Å². The summed E-state index contributed by atoms with van der Waals surface area (Å²) in [5.41, 5.74) is 4.08. The van der Waals surface area contributed by atoms with Crippen LogP contribution in [0.3, 0.4) is 0 Å². The molecule has 3 nitrogen and oxygen atoms in total. The maximum atomic E-state index is 4.53. The lowest BCUT2D eigenvalue weighted by Crippen LogP contribution is -1.99. The van der Waals surface area contributed by atoms with Crippen LogP contribution in [0.1, 0.15) is 23.6 Å². The Kier molecular flexibility index (Phi) is 6.37. The highest BCUT2D eigenvalue weighted by molar-refractivity contribution is 7.98. The van der Waals surface area contributed by atoms with Gasteiger partial charge in [0.15, 0.2) is 11.0 Å². The number of thioether (sulfide) groups is 1. The van der Waals surface area contributed by atoms with Crippen LogP contribution in [0.5, 0.6) is 0 Å². The molecule has 0 N–H and O–H groups in total. The van der Waals surface area contributed by atoms with Crippen LogP contribution in [-0.4, -0.2) is 14.8 Å². The Morgan fingerprint density at radius 1 is 0.781 bits per heavy atom. The van der Waals surface area contributed by atoms with Crippen LogP contribution < -0.4 is 0 Å². The van der Waals surface area contributed by atoms with E-state index in [-0.39, 0.29) is 0 Å². The number of fused-ring (bicyclic) bond motifs is 1. The Hall–Kier alpha value is -2.89. The van der Waals surface area contributed by atoms with Crippen molar-refractivity contribution >= 4 is 33.2 Å². The molecule has 0 aliphatic heterocycles. The number of benzene rings is 3. The Labute approximate surface area is 197 Å². The van der Waals surface area contributed by atoms with E-state index in [1.54, 1.807) is 23.1 Å². The lowest BCUT2D eigenvalue weighted by atomic mass is 10.0. The molecule has 0 radical (unpaired) electrons. The Morgan fingerprint density at radius 2 is 1.47 bits per heavy atom. The van der Waals surface area contributed by atoms with Gasteiger partial charge in [-0.3, -0.25) is 0 Å². The molecule has 5 rings (SSSR count). The summed E-state index contributed by atoms with van der Waals surface area (Å²) in [5, 5.41) is 11.3. The molecule has 0 atom stereocenters. The number of aromatic nitrogens is 3. The molecule has 0 bridgehead atoms. The quantitative estimate of drug-likeness (QED) is 0.231. The zero-order valence-corrected chi connectivity index (χ0v) is 19.7. The zero-order valence-electron chi connectivity index (χ0n) is 18.1. The molecule has 0 saturated heterocycles. The van der Waals surface area contributed by atoms with Crippen LogP contribution >= 0.6 is 23.1 Å². The van der Waals surface area contributed by atoms with Gasteiger partial charge >= 0.3 is 0 Å². The molecule has 0 saturated carbocycles. The van der Waals surface area contributed by atoms with Crippen LogP contribution in [0, 0.1) is 0 Å². The lowest BCUT2D eigenvalue weighted by molar-refractivity contribution is 0.688. The molecule has 0 amide bonds. The minimum absolute atomic E-state index is 0.858. The molecule has 32 heavy (non-hydrogen) atoms. The van der Waals surface area contributed by atoms with E-state index in [9.17, 15) is 0 Å². The molecule has 0 aliphatic rings. The SMILES string of the molecule is CCn1c(SCc2ccc(CCc3ccccc3)cc2)nnc1-c1cc2ccccc2s1. The van der Waals surface area contributed by atoms with Crippen molar-refractivity contribution in [1.82, 2.24) is 14.8 Å². The van der Waals surface area contributed by atoms with E-state index in [0.29, 0.717) is 0 Å². The van der Waals surface area contributed by atoms with Gasteiger partial charge in [-0.2, -0.15) is 0 Å². The minimum Gasteiger partial charge on any atom is -0.302 e. The predicted octanol–water partition coefficient (Wildman–Crippen LogP) is 7.26. The van der Waals surface area contributed by atoms with Crippen molar-refractivity contribution in [3.8, 4) is 10.7 Å². The van der Waals surface area contributed by atoms with Gasteiger partial charge < -0.3 is 4.57 Å². The minimum atomic E-state index is 0.858. The van der Waals surface area contributed by atoms with E-state index in [4.69, 9.17) is 0 Å². The Morgan fingerprint density at radius 3 is 2.22 bits per heavy atom. The lowest BCUT2D eigenvalue weighted by Gasteiger charge is -2.07. The Balaban J connectivity index is 1.25. The largest absolute Gasteiger partial charge is 0.302 e. The van der Waals surface area contributed by atoms with Crippen molar-refractivity contribution < 1.29 is 0 Å². The second-order valence-corrected chi connectivity index (χ2v) is 9.82. The van der Waals surface area contributed by atoms with E-state index in [2.05, 4.69) is 107 Å². The smallest absolute Gasteiger partial charge is 0.191 e. The number of aryl methyl sites for hydroxylation is 2. The highest BCUT2D eigenvalue weighted by atomic mass is 32.2. The van der Waals surface area contributed by atoms with Crippen LogP contribution in [0.15, 0.2) is 90.1 Å². The molecule has 2 heterocycles. The van der Waals surface area contributed by atoms with Gasteiger partial charge in [-0.05, 0) is 54.0 Å². The van der Waals surface area contributed by atoms with Crippen molar-refractivity contribution in [2.75, 3.05) is 0 Å². The average molecular weight is 456 g/mol. The molecule has 0 spiro atoms. The number of rotatable bonds is 8. The van der Waals surface area contributed by atoms with Gasteiger partial charge in [0, 0.05) is 17.0 Å². The fourth-order valence-corrected chi connectivity index (χ4v) is 5.85. The maximum absolute atomic E-state index is 4.53. The fraction of sp³-hybridized carbons (Fsp3) is 0.185. The molecule has 160 valence electrons. The van der Waals surface area contributed by atoms with Gasteiger partial charge in [-0.15, -0.1) is 21.5 Å². The van der Waals surface area contributed by atoms with Crippen LogP contribution in [0.25, 0.3) is 20.8 Å². The first kappa shape index (κ1) is 21.0. The van der Waals surface area contributed by atoms with E-state index < -0.39 is 0 Å².